The Balaban J connectivity index is 2.26. The normalized spacial score (nSPS) is 12.6. The average molecular weight is 217 g/mol. The Morgan fingerprint density at radius 2 is 2.06 bits per heavy atom. The van der Waals surface area contributed by atoms with E-state index in [1.807, 2.05) is 36.4 Å². The fourth-order valence-corrected chi connectivity index (χ4v) is 1.60. The van der Waals surface area contributed by atoms with Gasteiger partial charge in [0.25, 0.3) is 0 Å². The summed E-state index contributed by atoms with van der Waals surface area (Å²) in [6.45, 7) is 0.444. The molecule has 84 valence electrons. The highest BCUT2D eigenvalue weighted by Crippen LogP contribution is 2.20. The van der Waals surface area contributed by atoms with Crippen LogP contribution in [0, 0.1) is 0 Å². The number of aliphatic hydroxyl groups excluding tert-OH is 1. The highest BCUT2D eigenvalue weighted by atomic mass is 16.3. The van der Waals surface area contributed by atoms with E-state index in [1.54, 1.807) is 0 Å². The number of nitrogens with two attached hydrogens (primary N) is 1. The summed E-state index contributed by atoms with van der Waals surface area (Å²) in [5, 5.41) is 16.3. The van der Waals surface area contributed by atoms with E-state index in [0.717, 1.165) is 17.0 Å². The van der Waals surface area contributed by atoms with E-state index in [2.05, 4.69) is 10.2 Å². The number of aliphatic hydroxyl groups is 1. The van der Waals surface area contributed by atoms with Gasteiger partial charge in [0.05, 0.1) is 12.3 Å². The summed E-state index contributed by atoms with van der Waals surface area (Å²) >= 11 is 0. The first-order valence-corrected chi connectivity index (χ1v) is 5.26. The summed E-state index contributed by atoms with van der Waals surface area (Å²) in [4.78, 5) is 0. The number of H-pyrrole nitrogens is 1. The van der Waals surface area contributed by atoms with Crippen LogP contribution in [0.5, 0.6) is 0 Å². The fourth-order valence-electron chi connectivity index (χ4n) is 1.60. The first-order chi connectivity index (χ1) is 7.85. The first-order valence-electron chi connectivity index (χ1n) is 5.26. The summed E-state index contributed by atoms with van der Waals surface area (Å²) in [6, 6.07) is 11.8. The molecule has 0 spiro atoms. The second kappa shape index (κ2) is 4.92. The Kier molecular flexibility index (Phi) is 3.34. The molecule has 1 aromatic carbocycles. The van der Waals surface area contributed by atoms with E-state index in [9.17, 15) is 0 Å². The maximum Gasteiger partial charge on any atom is 0.0923 e. The van der Waals surface area contributed by atoms with E-state index in [-0.39, 0.29) is 12.5 Å². The molecule has 0 amide bonds. The Morgan fingerprint density at radius 3 is 2.69 bits per heavy atom. The summed E-state index contributed by atoms with van der Waals surface area (Å²) in [5.74, 6) is -0.0648. The molecule has 0 aliphatic rings. The second-order valence-corrected chi connectivity index (χ2v) is 3.69. The SMILES string of the molecule is NCC(CO)c1cc(-c2ccccc2)n[nH]1. The minimum absolute atomic E-state index is 0.0346. The molecular formula is C12H15N3O. The summed E-state index contributed by atoms with van der Waals surface area (Å²) in [7, 11) is 0. The summed E-state index contributed by atoms with van der Waals surface area (Å²) in [6.07, 6.45) is 0. The highest BCUT2D eigenvalue weighted by molar-refractivity contribution is 5.59. The molecule has 1 heterocycles. The number of nitrogens with one attached hydrogen (secondary N) is 1. The molecule has 0 aliphatic heterocycles. The van der Waals surface area contributed by atoms with Crippen LogP contribution in [-0.4, -0.2) is 28.5 Å². The van der Waals surface area contributed by atoms with E-state index in [4.69, 9.17) is 10.8 Å². The van der Waals surface area contributed by atoms with Crippen LogP contribution >= 0.6 is 0 Å². The molecule has 2 aromatic rings. The highest BCUT2D eigenvalue weighted by Gasteiger charge is 2.12. The number of aromatic nitrogens is 2. The van der Waals surface area contributed by atoms with E-state index >= 15 is 0 Å². The monoisotopic (exact) mass is 217 g/mol. The van der Waals surface area contributed by atoms with Gasteiger partial charge in [0.1, 0.15) is 0 Å². The molecule has 0 fully saturated rings. The van der Waals surface area contributed by atoms with Crippen molar-refractivity contribution in [3.8, 4) is 11.3 Å². The largest absolute Gasteiger partial charge is 0.396 e. The van der Waals surface area contributed by atoms with Gasteiger partial charge in [0.2, 0.25) is 0 Å². The van der Waals surface area contributed by atoms with Gasteiger partial charge in [0.15, 0.2) is 0 Å². The molecule has 1 unspecified atom stereocenters. The van der Waals surface area contributed by atoms with Crippen molar-refractivity contribution in [2.45, 2.75) is 5.92 Å². The van der Waals surface area contributed by atoms with Crippen LogP contribution in [0.4, 0.5) is 0 Å². The minimum atomic E-state index is -0.0648. The molecule has 0 aliphatic carbocycles. The van der Waals surface area contributed by atoms with Gasteiger partial charge in [-0.2, -0.15) is 5.10 Å². The Hall–Kier alpha value is -1.65. The predicted molar refractivity (Wildman–Crippen MR) is 62.9 cm³/mol. The molecule has 0 radical (unpaired) electrons. The quantitative estimate of drug-likeness (QED) is 0.718. The lowest BCUT2D eigenvalue weighted by molar-refractivity contribution is 0.265. The molecule has 16 heavy (non-hydrogen) atoms. The summed E-state index contributed by atoms with van der Waals surface area (Å²) < 4.78 is 0. The molecule has 4 N–H and O–H groups in total. The molecule has 1 atom stereocenters. The van der Waals surface area contributed by atoms with E-state index in [0.29, 0.717) is 6.54 Å². The molecular weight excluding hydrogens is 202 g/mol. The van der Waals surface area contributed by atoms with Crippen molar-refractivity contribution in [3.05, 3.63) is 42.1 Å². The van der Waals surface area contributed by atoms with Crippen LogP contribution in [0.1, 0.15) is 11.6 Å². The van der Waals surface area contributed by atoms with Crippen molar-refractivity contribution in [2.24, 2.45) is 5.73 Å². The van der Waals surface area contributed by atoms with Crippen LogP contribution in [-0.2, 0) is 0 Å². The zero-order valence-electron chi connectivity index (χ0n) is 8.93. The zero-order chi connectivity index (χ0) is 11.4. The zero-order valence-corrected chi connectivity index (χ0v) is 8.93. The Bertz CT molecular complexity index is 435. The lowest BCUT2D eigenvalue weighted by Crippen LogP contribution is -2.16. The van der Waals surface area contributed by atoms with Crippen LogP contribution in [0.15, 0.2) is 36.4 Å². The number of hydrogen-bond acceptors (Lipinski definition) is 3. The predicted octanol–water partition coefficient (Wildman–Crippen LogP) is 1.11. The molecule has 4 heteroatoms. The molecule has 1 aromatic heterocycles. The van der Waals surface area contributed by atoms with E-state index < -0.39 is 0 Å². The van der Waals surface area contributed by atoms with Gasteiger partial charge in [0, 0.05) is 23.7 Å². The number of nitrogens with zero attached hydrogens (tertiary/aromatic N) is 1. The summed E-state index contributed by atoms with van der Waals surface area (Å²) in [5.41, 5.74) is 8.37. The van der Waals surface area contributed by atoms with Gasteiger partial charge in [-0.05, 0) is 6.07 Å². The van der Waals surface area contributed by atoms with Crippen molar-refractivity contribution in [2.75, 3.05) is 13.2 Å². The topological polar surface area (TPSA) is 74.9 Å². The molecule has 2 rings (SSSR count). The number of hydrogen-bond donors (Lipinski definition) is 3. The Morgan fingerprint density at radius 1 is 1.31 bits per heavy atom. The van der Waals surface area contributed by atoms with Crippen molar-refractivity contribution in [1.29, 1.82) is 0 Å². The Labute approximate surface area is 94.1 Å². The van der Waals surface area contributed by atoms with Gasteiger partial charge in [-0.3, -0.25) is 5.10 Å². The second-order valence-electron chi connectivity index (χ2n) is 3.69. The molecule has 0 saturated carbocycles. The number of aromatic amines is 1. The van der Waals surface area contributed by atoms with Gasteiger partial charge in [-0.15, -0.1) is 0 Å². The lowest BCUT2D eigenvalue weighted by atomic mass is 10.1. The maximum atomic E-state index is 9.13. The first kappa shape index (κ1) is 10.9. The van der Waals surface area contributed by atoms with Crippen LogP contribution in [0.2, 0.25) is 0 Å². The number of rotatable bonds is 4. The molecule has 0 saturated heterocycles. The van der Waals surface area contributed by atoms with Crippen LogP contribution in [0.25, 0.3) is 11.3 Å². The van der Waals surface area contributed by atoms with Crippen molar-refractivity contribution in [1.82, 2.24) is 10.2 Å². The molecule has 4 nitrogen and oxygen atoms in total. The number of benzene rings is 1. The van der Waals surface area contributed by atoms with Crippen molar-refractivity contribution < 1.29 is 5.11 Å². The minimum Gasteiger partial charge on any atom is -0.396 e. The third-order valence-electron chi connectivity index (χ3n) is 2.61. The van der Waals surface area contributed by atoms with E-state index in [1.165, 1.54) is 0 Å². The third-order valence-corrected chi connectivity index (χ3v) is 2.61. The third kappa shape index (κ3) is 2.13. The van der Waals surface area contributed by atoms with Gasteiger partial charge < -0.3 is 10.8 Å². The van der Waals surface area contributed by atoms with Crippen molar-refractivity contribution in [3.63, 3.8) is 0 Å². The molecule has 0 bridgehead atoms. The van der Waals surface area contributed by atoms with Gasteiger partial charge in [-0.25, -0.2) is 0 Å². The fraction of sp³-hybridized carbons (Fsp3) is 0.250. The lowest BCUT2D eigenvalue weighted by Gasteiger charge is -2.07. The van der Waals surface area contributed by atoms with Crippen LogP contribution in [0.3, 0.4) is 0 Å². The van der Waals surface area contributed by atoms with Gasteiger partial charge in [-0.1, -0.05) is 30.3 Å². The average Bonchev–Trinajstić information content (AvgIpc) is 2.81. The van der Waals surface area contributed by atoms with Gasteiger partial charge >= 0.3 is 0 Å². The van der Waals surface area contributed by atoms with Crippen LogP contribution < -0.4 is 5.73 Å². The standard InChI is InChI=1S/C12H15N3O/c13-7-10(8-16)12-6-11(14-15-12)9-4-2-1-3-5-9/h1-6,10,16H,7-8,13H2,(H,14,15). The smallest absolute Gasteiger partial charge is 0.0923 e. The maximum absolute atomic E-state index is 9.13. The van der Waals surface area contributed by atoms with Crippen molar-refractivity contribution >= 4 is 0 Å².